The molecule has 1 N–H and O–H groups in total. The molecule has 0 radical (unpaired) electrons. The zero-order valence-corrected chi connectivity index (χ0v) is 14.8. The number of carbonyl (C=O) groups excluding carboxylic acids is 1. The first-order valence-corrected chi connectivity index (χ1v) is 8.18. The number of nitrogens with one attached hydrogen (secondary N) is 1. The molecule has 6 nitrogen and oxygen atoms in total. The minimum absolute atomic E-state index is 0.161. The zero-order valence-electron chi connectivity index (χ0n) is 14.1. The third kappa shape index (κ3) is 4.22. The van der Waals surface area contributed by atoms with Gasteiger partial charge in [-0.1, -0.05) is 23.7 Å². The number of halogens is 1. The number of carbonyl (C=O) groups is 1. The molecule has 0 bridgehead atoms. The van der Waals surface area contributed by atoms with Gasteiger partial charge in [0.2, 0.25) is 0 Å². The highest BCUT2D eigenvalue weighted by molar-refractivity contribution is 6.30. The molecule has 0 saturated heterocycles. The molecule has 0 saturated carbocycles. The molecule has 3 aromatic rings. The Kier molecular flexibility index (Phi) is 5.09. The largest absolute Gasteiger partial charge is 0.497 e. The monoisotopic (exact) mass is 358 g/mol. The van der Waals surface area contributed by atoms with E-state index in [1.165, 1.54) is 0 Å². The van der Waals surface area contributed by atoms with Gasteiger partial charge in [0, 0.05) is 26.0 Å². The minimum Gasteiger partial charge on any atom is -0.497 e. The van der Waals surface area contributed by atoms with E-state index in [2.05, 4.69) is 10.3 Å². The van der Waals surface area contributed by atoms with E-state index in [0.717, 1.165) is 22.7 Å². The molecule has 0 spiro atoms. The molecular formula is C18H19ClN4O2. The molecule has 0 fully saturated rings. The summed E-state index contributed by atoms with van der Waals surface area (Å²) in [6.07, 6.45) is 3.63. The number of benzene rings is 1. The fraction of sp³-hybridized carbons (Fsp3) is 0.222. The average Bonchev–Trinajstić information content (AvgIpc) is 3.02. The van der Waals surface area contributed by atoms with Crippen molar-refractivity contribution in [2.75, 3.05) is 14.2 Å². The first kappa shape index (κ1) is 17.1. The smallest absolute Gasteiger partial charge is 0.317 e. The molecule has 0 aliphatic heterocycles. The summed E-state index contributed by atoms with van der Waals surface area (Å²) < 4.78 is 6.97. The molecule has 25 heavy (non-hydrogen) atoms. The van der Waals surface area contributed by atoms with E-state index in [9.17, 15) is 4.79 Å². The molecule has 7 heteroatoms. The number of hydrogen-bond donors (Lipinski definition) is 1. The van der Waals surface area contributed by atoms with Gasteiger partial charge >= 0.3 is 6.03 Å². The number of amides is 2. The van der Waals surface area contributed by atoms with E-state index in [0.29, 0.717) is 18.1 Å². The highest BCUT2D eigenvalue weighted by Crippen LogP contribution is 2.13. The second kappa shape index (κ2) is 7.44. The van der Waals surface area contributed by atoms with Crippen LogP contribution >= 0.6 is 11.6 Å². The summed E-state index contributed by atoms with van der Waals surface area (Å²) >= 11 is 5.96. The maximum absolute atomic E-state index is 12.2. The van der Waals surface area contributed by atoms with Crippen LogP contribution in [0.3, 0.4) is 0 Å². The number of pyridine rings is 1. The first-order chi connectivity index (χ1) is 12.0. The minimum atomic E-state index is -0.161. The Morgan fingerprint density at radius 2 is 2.00 bits per heavy atom. The Labute approximate surface area is 151 Å². The number of aromatic nitrogens is 2. The molecule has 0 unspecified atom stereocenters. The van der Waals surface area contributed by atoms with Gasteiger partial charge in [-0.25, -0.2) is 9.78 Å². The summed E-state index contributed by atoms with van der Waals surface area (Å²) in [6.45, 7) is 0.863. The van der Waals surface area contributed by atoms with Crippen LogP contribution in [-0.4, -0.2) is 34.5 Å². The number of methoxy groups -OCH3 is 1. The van der Waals surface area contributed by atoms with Gasteiger partial charge in [-0.3, -0.25) is 0 Å². The fourth-order valence-corrected chi connectivity index (χ4v) is 2.65. The van der Waals surface area contributed by atoms with Gasteiger partial charge in [-0.15, -0.1) is 0 Å². The summed E-state index contributed by atoms with van der Waals surface area (Å²) in [5.74, 6) is 0.794. The van der Waals surface area contributed by atoms with Crippen LogP contribution in [0.15, 0.2) is 48.8 Å². The lowest BCUT2D eigenvalue weighted by Gasteiger charge is -2.17. The second-order valence-electron chi connectivity index (χ2n) is 5.71. The number of hydrogen-bond acceptors (Lipinski definition) is 3. The Bertz CT molecular complexity index is 876. The van der Waals surface area contributed by atoms with Crippen LogP contribution in [0.5, 0.6) is 5.75 Å². The van der Waals surface area contributed by atoms with Crippen molar-refractivity contribution in [2.45, 2.75) is 13.1 Å². The molecule has 2 amide bonds. The highest BCUT2D eigenvalue weighted by atomic mass is 35.5. The van der Waals surface area contributed by atoms with E-state index in [4.69, 9.17) is 16.3 Å². The van der Waals surface area contributed by atoms with Gasteiger partial charge in [-0.2, -0.15) is 0 Å². The number of rotatable bonds is 5. The topological polar surface area (TPSA) is 58.9 Å². The van der Waals surface area contributed by atoms with Gasteiger partial charge in [0.25, 0.3) is 0 Å². The number of nitrogens with zero attached hydrogens (tertiary/aromatic N) is 3. The molecule has 2 aromatic heterocycles. The van der Waals surface area contributed by atoms with Gasteiger partial charge in [-0.05, 0) is 29.8 Å². The van der Waals surface area contributed by atoms with E-state index in [-0.39, 0.29) is 6.03 Å². The third-order valence-electron chi connectivity index (χ3n) is 3.81. The number of fused-ring (bicyclic) bond motifs is 1. The number of ether oxygens (including phenoxy) is 1. The van der Waals surface area contributed by atoms with Crippen molar-refractivity contribution in [2.24, 2.45) is 0 Å². The molecule has 2 heterocycles. The SMILES string of the molecule is COc1ccc(CN(C)C(=O)NCc2cn3cc(Cl)ccc3n2)cc1. The van der Waals surface area contributed by atoms with Crippen molar-refractivity contribution in [3.05, 3.63) is 65.1 Å². The predicted octanol–water partition coefficient (Wildman–Crippen LogP) is 3.34. The van der Waals surface area contributed by atoms with E-state index in [1.54, 1.807) is 31.3 Å². The molecule has 3 rings (SSSR count). The van der Waals surface area contributed by atoms with Crippen LogP contribution in [0, 0.1) is 0 Å². The molecule has 0 aliphatic carbocycles. The Morgan fingerprint density at radius 1 is 1.24 bits per heavy atom. The quantitative estimate of drug-likeness (QED) is 0.761. The number of urea groups is 1. The summed E-state index contributed by atoms with van der Waals surface area (Å²) in [5.41, 5.74) is 2.59. The van der Waals surface area contributed by atoms with Crippen molar-refractivity contribution < 1.29 is 9.53 Å². The molecular weight excluding hydrogens is 340 g/mol. The van der Waals surface area contributed by atoms with Gasteiger partial charge in [0.05, 0.1) is 24.4 Å². The summed E-state index contributed by atoms with van der Waals surface area (Å²) in [7, 11) is 3.38. The van der Waals surface area contributed by atoms with Crippen molar-refractivity contribution in [3.63, 3.8) is 0 Å². The van der Waals surface area contributed by atoms with Crippen molar-refractivity contribution in [1.82, 2.24) is 19.6 Å². The lowest BCUT2D eigenvalue weighted by Crippen LogP contribution is -2.36. The standard InChI is InChI=1S/C18H19ClN4O2/c1-22(10-13-3-6-16(25-2)7-4-13)18(24)20-9-15-12-23-11-14(19)5-8-17(23)21-15/h3-8,11-12H,9-10H2,1-2H3,(H,20,24). The van der Waals surface area contributed by atoms with E-state index >= 15 is 0 Å². The third-order valence-corrected chi connectivity index (χ3v) is 4.03. The maximum Gasteiger partial charge on any atom is 0.317 e. The average molecular weight is 359 g/mol. The van der Waals surface area contributed by atoms with Crippen LogP contribution < -0.4 is 10.1 Å². The van der Waals surface area contributed by atoms with Gasteiger partial charge in [0.15, 0.2) is 0 Å². The van der Waals surface area contributed by atoms with Crippen molar-refractivity contribution >= 4 is 23.3 Å². The van der Waals surface area contributed by atoms with Crippen LogP contribution in [0.1, 0.15) is 11.3 Å². The molecule has 130 valence electrons. The van der Waals surface area contributed by atoms with E-state index in [1.807, 2.05) is 40.9 Å². The van der Waals surface area contributed by atoms with Crippen LogP contribution in [0.4, 0.5) is 4.79 Å². The first-order valence-electron chi connectivity index (χ1n) is 7.80. The van der Waals surface area contributed by atoms with E-state index < -0.39 is 0 Å². The predicted molar refractivity (Wildman–Crippen MR) is 96.9 cm³/mol. The van der Waals surface area contributed by atoms with Gasteiger partial charge < -0.3 is 19.4 Å². The lowest BCUT2D eigenvalue weighted by atomic mass is 10.2. The molecule has 0 aliphatic rings. The molecule has 1 aromatic carbocycles. The highest BCUT2D eigenvalue weighted by Gasteiger charge is 2.10. The molecule has 0 atom stereocenters. The van der Waals surface area contributed by atoms with Crippen molar-refractivity contribution in [3.8, 4) is 5.75 Å². The Morgan fingerprint density at radius 3 is 2.72 bits per heavy atom. The second-order valence-corrected chi connectivity index (χ2v) is 6.14. The van der Waals surface area contributed by atoms with Gasteiger partial charge in [0.1, 0.15) is 11.4 Å². The Hall–Kier alpha value is -2.73. The summed E-state index contributed by atoms with van der Waals surface area (Å²) in [4.78, 5) is 18.3. The van der Waals surface area contributed by atoms with Crippen molar-refractivity contribution in [1.29, 1.82) is 0 Å². The lowest BCUT2D eigenvalue weighted by molar-refractivity contribution is 0.206. The van der Waals surface area contributed by atoms with Crippen LogP contribution in [0.2, 0.25) is 5.02 Å². The summed E-state index contributed by atoms with van der Waals surface area (Å²) in [5, 5.41) is 3.51. The normalized spacial score (nSPS) is 10.7. The maximum atomic E-state index is 12.2. The van der Waals surface area contributed by atoms with Crippen LogP contribution in [-0.2, 0) is 13.1 Å². The Balaban J connectivity index is 1.56. The number of imidazole rings is 1. The summed E-state index contributed by atoms with van der Waals surface area (Å²) in [6, 6.07) is 11.1. The zero-order chi connectivity index (χ0) is 17.8. The fourth-order valence-electron chi connectivity index (χ4n) is 2.48. The van der Waals surface area contributed by atoms with Crippen LogP contribution in [0.25, 0.3) is 5.65 Å².